The van der Waals surface area contributed by atoms with Gasteiger partial charge in [-0.15, -0.1) is 0 Å². The molecule has 0 bridgehead atoms. The molecule has 0 aliphatic carbocycles. The Bertz CT molecular complexity index is 593. The van der Waals surface area contributed by atoms with Gasteiger partial charge < -0.3 is 9.88 Å². The van der Waals surface area contributed by atoms with Crippen LogP contribution in [0.5, 0.6) is 0 Å². The van der Waals surface area contributed by atoms with Gasteiger partial charge >= 0.3 is 0 Å². The number of aromatic amines is 1. The lowest BCUT2D eigenvalue weighted by Gasteiger charge is -2.24. The van der Waals surface area contributed by atoms with Crippen molar-refractivity contribution in [1.82, 2.24) is 9.97 Å². The van der Waals surface area contributed by atoms with E-state index in [1.54, 1.807) is 12.4 Å². The lowest BCUT2D eigenvalue weighted by Crippen LogP contribution is -2.26. The average Bonchev–Trinajstić information content (AvgIpc) is 2.94. The van der Waals surface area contributed by atoms with Crippen LogP contribution >= 0.6 is 0 Å². The Kier molecular flexibility index (Phi) is 2.25. The Morgan fingerprint density at radius 3 is 3.18 bits per heavy atom. The summed E-state index contributed by atoms with van der Waals surface area (Å²) in [4.78, 5) is 9.70. The number of pyridine rings is 1. The van der Waals surface area contributed by atoms with Crippen molar-refractivity contribution in [2.45, 2.75) is 25.8 Å². The molecule has 17 heavy (non-hydrogen) atoms. The molecule has 1 aliphatic heterocycles. The number of nitriles is 1. The third-order valence-corrected chi connectivity index (χ3v) is 3.53. The summed E-state index contributed by atoms with van der Waals surface area (Å²) in [6.45, 7) is 3.30. The molecule has 3 heterocycles. The molecule has 3 rings (SSSR count). The zero-order chi connectivity index (χ0) is 11.8. The normalized spacial score (nSPS) is 19.8. The molecular formula is C13H14N4. The molecule has 1 N–H and O–H groups in total. The smallest absolute Gasteiger partial charge is 0.140 e. The van der Waals surface area contributed by atoms with Crippen molar-refractivity contribution >= 4 is 16.7 Å². The van der Waals surface area contributed by atoms with Gasteiger partial charge in [-0.3, -0.25) is 0 Å². The summed E-state index contributed by atoms with van der Waals surface area (Å²) in [5.74, 6) is 0. The summed E-state index contributed by atoms with van der Waals surface area (Å²) in [7, 11) is 0. The van der Waals surface area contributed by atoms with Crippen LogP contribution in [0.3, 0.4) is 0 Å². The number of hydrogen-bond donors (Lipinski definition) is 1. The highest BCUT2D eigenvalue weighted by Gasteiger charge is 2.23. The number of anilines is 1. The van der Waals surface area contributed by atoms with Crippen LogP contribution in [0.1, 0.15) is 25.3 Å². The number of fused-ring (bicyclic) bond motifs is 1. The van der Waals surface area contributed by atoms with E-state index >= 15 is 0 Å². The summed E-state index contributed by atoms with van der Waals surface area (Å²) in [5.41, 5.74) is 2.62. The Labute approximate surface area is 99.9 Å². The highest BCUT2D eigenvalue weighted by Crippen LogP contribution is 2.32. The molecule has 1 aliphatic rings. The Balaban J connectivity index is 2.22. The van der Waals surface area contributed by atoms with Crippen molar-refractivity contribution in [2.24, 2.45) is 0 Å². The number of hydrogen-bond acceptors (Lipinski definition) is 3. The van der Waals surface area contributed by atoms with Gasteiger partial charge in [0.05, 0.1) is 16.6 Å². The number of rotatable bonds is 1. The van der Waals surface area contributed by atoms with Crippen LogP contribution in [0.15, 0.2) is 18.5 Å². The van der Waals surface area contributed by atoms with E-state index in [0.29, 0.717) is 11.6 Å². The van der Waals surface area contributed by atoms with Crippen LogP contribution in [0, 0.1) is 11.3 Å². The zero-order valence-corrected chi connectivity index (χ0v) is 9.77. The zero-order valence-electron chi connectivity index (χ0n) is 9.77. The van der Waals surface area contributed by atoms with Crippen LogP contribution in [0.2, 0.25) is 0 Å². The van der Waals surface area contributed by atoms with E-state index in [1.807, 2.05) is 6.07 Å². The minimum absolute atomic E-state index is 0.544. The molecule has 4 heteroatoms. The predicted molar refractivity (Wildman–Crippen MR) is 66.9 cm³/mol. The second-order valence-electron chi connectivity index (χ2n) is 4.55. The fourth-order valence-corrected chi connectivity index (χ4v) is 2.66. The van der Waals surface area contributed by atoms with E-state index in [2.05, 4.69) is 27.9 Å². The lowest BCUT2D eigenvalue weighted by molar-refractivity contribution is 0.736. The van der Waals surface area contributed by atoms with Crippen LogP contribution in [-0.4, -0.2) is 22.6 Å². The molecule has 1 saturated heterocycles. The third-order valence-electron chi connectivity index (χ3n) is 3.53. The first-order valence-electron chi connectivity index (χ1n) is 5.94. The number of H-pyrrole nitrogens is 1. The highest BCUT2D eigenvalue weighted by molar-refractivity contribution is 5.95. The Morgan fingerprint density at radius 1 is 1.59 bits per heavy atom. The van der Waals surface area contributed by atoms with Crippen LogP contribution < -0.4 is 4.90 Å². The summed E-state index contributed by atoms with van der Waals surface area (Å²) >= 11 is 0. The highest BCUT2D eigenvalue weighted by atomic mass is 15.2. The number of nitrogens with one attached hydrogen (secondary N) is 1. The van der Waals surface area contributed by atoms with Crippen molar-refractivity contribution in [3.63, 3.8) is 0 Å². The first-order chi connectivity index (χ1) is 8.31. The summed E-state index contributed by atoms with van der Waals surface area (Å²) in [6.07, 6.45) is 5.98. The maximum atomic E-state index is 9.14. The first-order valence-corrected chi connectivity index (χ1v) is 5.94. The molecule has 0 unspecified atom stereocenters. The monoisotopic (exact) mass is 226 g/mol. The Hall–Kier alpha value is -2.02. The van der Waals surface area contributed by atoms with Gasteiger partial charge in [0, 0.05) is 25.0 Å². The molecule has 86 valence electrons. The average molecular weight is 226 g/mol. The minimum atomic E-state index is 0.544. The van der Waals surface area contributed by atoms with Gasteiger partial charge in [-0.05, 0) is 25.8 Å². The van der Waals surface area contributed by atoms with E-state index in [1.165, 1.54) is 12.8 Å². The largest absolute Gasteiger partial charge is 0.368 e. The molecule has 0 aromatic carbocycles. The van der Waals surface area contributed by atoms with E-state index in [4.69, 9.17) is 5.26 Å². The van der Waals surface area contributed by atoms with Gasteiger partial charge in [-0.25, -0.2) is 4.98 Å². The molecule has 1 atom stereocenters. The molecule has 4 nitrogen and oxygen atoms in total. The fourth-order valence-electron chi connectivity index (χ4n) is 2.66. The molecule has 0 radical (unpaired) electrons. The van der Waals surface area contributed by atoms with Gasteiger partial charge in [0.2, 0.25) is 0 Å². The van der Waals surface area contributed by atoms with Gasteiger partial charge in [0.25, 0.3) is 0 Å². The molecule has 0 saturated carbocycles. The molecule has 0 spiro atoms. The van der Waals surface area contributed by atoms with Gasteiger partial charge in [0.1, 0.15) is 11.7 Å². The van der Waals surface area contributed by atoms with Crippen LogP contribution in [-0.2, 0) is 0 Å². The summed E-state index contributed by atoms with van der Waals surface area (Å²) < 4.78 is 0. The predicted octanol–water partition coefficient (Wildman–Crippen LogP) is 2.42. The minimum Gasteiger partial charge on any atom is -0.368 e. The second kappa shape index (κ2) is 3.77. The topological polar surface area (TPSA) is 55.7 Å². The fraction of sp³-hybridized carbons (Fsp3) is 0.385. The van der Waals surface area contributed by atoms with Gasteiger partial charge in [0.15, 0.2) is 0 Å². The third kappa shape index (κ3) is 1.47. The van der Waals surface area contributed by atoms with Crippen molar-refractivity contribution in [1.29, 1.82) is 5.26 Å². The molecular weight excluding hydrogens is 212 g/mol. The first kappa shape index (κ1) is 10.2. The van der Waals surface area contributed by atoms with Gasteiger partial charge in [-0.1, -0.05) is 0 Å². The Morgan fingerprint density at radius 2 is 2.47 bits per heavy atom. The van der Waals surface area contributed by atoms with Crippen molar-refractivity contribution in [3.05, 3.63) is 24.0 Å². The lowest BCUT2D eigenvalue weighted by atomic mass is 10.1. The molecule has 1 fully saturated rings. The summed E-state index contributed by atoms with van der Waals surface area (Å²) in [6, 6.07) is 4.79. The van der Waals surface area contributed by atoms with Crippen molar-refractivity contribution in [2.75, 3.05) is 11.4 Å². The SMILES string of the molecule is C[C@H]1CCCN1c1ccnc2[nH]cc(C#N)c12. The number of nitrogens with zero attached hydrogens (tertiary/aromatic N) is 3. The summed E-state index contributed by atoms with van der Waals surface area (Å²) in [5, 5.41) is 10.1. The molecule has 2 aromatic rings. The van der Waals surface area contributed by atoms with E-state index in [0.717, 1.165) is 23.3 Å². The van der Waals surface area contributed by atoms with Crippen LogP contribution in [0.4, 0.5) is 5.69 Å². The standard InChI is InChI=1S/C13H14N4/c1-9-3-2-6-17(9)11-4-5-15-13-12(11)10(7-14)8-16-13/h4-5,8-9H,2-3,6H2,1H3,(H,15,16)/t9-/m0/s1. The van der Waals surface area contributed by atoms with E-state index in [9.17, 15) is 0 Å². The van der Waals surface area contributed by atoms with E-state index < -0.39 is 0 Å². The maximum Gasteiger partial charge on any atom is 0.140 e. The number of aromatic nitrogens is 2. The maximum absolute atomic E-state index is 9.14. The van der Waals surface area contributed by atoms with Crippen LogP contribution in [0.25, 0.3) is 11.0 Å². The quantitative estimate of drug-likeness (QED) is 0.812. The van der Waals surface area contributed by atoms with Crippen molar-refractivity contribution < 1.29 is 0 Å². The molecule has 2 aromatic heterocycles. The van der Waals surface area contributed by atoms with Gasteiger partial charge in [-0.2, -0.15) is 5.26 Å². The second-order valence-corrected chi connectivity index (χ2v) is 4.55. The van der Waals surface area contributed by atoms with Crippen molar-refractivity contribution in [3.8, 4) is 6.07 Å². The van der Waals surface area contributed by atoms with E-state index in [-0.39, 0.29) is 0 Å². The molecule has 0 amide bonds.